The molecule has 0 unspecified atom stereocenters. The average molecular weight is 443 g/mol. The first-order valence-corrected chi connectivity index (χ1v) is 9.84. The van der Waals surface area contributed by atoms with E-state index in [0.717, 1.165) is 47.9 Å². The lowest BCUT2D eigenvalue weighted by Crippen LogP contribution is -2.28. The molecule has 3 rings (SSSR count). The van der Waals surface area contributed by atoms with Crippen LogP contribution >= 0.6 is 0 Å². The van der Waals surface area contributed by atoms with E-state index in [1.165, 1.54) is 0 Å². The van der Waals surface area contributed by atoms with Crippen molar-refractivity contribution in [2.24, 2.45) is 0 Å². The van der Waals surface area contributed by atoms with E-state index in [4.69, 9.17) is 0 Å². The zero-order chi connectivity index (χ0) is 21.4. The third-order valence-electron chi connectivity index (χ3n) is 4.08. The Morgan fingerprint density at radius 3 is 2.24 bits per heavy atom. The Morgan fingerprint density at radius 2 is 1.72 bits per heavy atom. The second-order valence-electron chi connectivity index (χ2n) is 6.37. The Balaban J connectivity index is 1.65. The van der Waals surface area contributed by atoms with Crippen molar-refractivity contribution in [3.8, 4) is 5.75 Å². The number of aromatic nitrogens is 2. The lowest BCUT2D eigenvalue weighted by Gasteiger charge is -2.11. The zero-order valence-electron chi connectivity index (χ0n) is 14.6. The van der Waals surface area contributed by atoms with Crippen LogP contribution in [0.3, 0.4) is 0 Å². The molecule has 1 aliphatic rings. The normalized spacial score (nSPS) is 15.5. The predicted octanol–water partition coefficient (Wildman–Crippen LogP) is 3.66. The van der Waals surface area contributed by atoms with Gasteiger partial charge < -0.3 is 4.74 Å². The number of nitrogens with one attached hydrogen (secondary N) is 1. The van der Waals surface area contributed by atoms with Gasteiger partial charge in [0.05, 0.1) is 11.4 Å². The molecule has 2 aromatic rings. The summed E-state index contributed by atoms with van der Waals surface area (Å²) in [6.07, 6.45) is -8.03. The number of benzene rings is 1. The van der Waals surface area contributed by atoms with E-state index in [1.54, 1.807) is 0 Å². The summed E-state index contributed by atoms with van der Waals surface area (Å²) in [5, 5.41) is 3.51. The smallest absolute Gasteiger partial charge is 0.406 e. The van der Waals surface area contributed by atoms with Crippen LogP contribution < -0.4 is 9.46 Å². The molecule has 0 radical (unpaired) electrons. The van der Waals surface area contributed by atoms with Gasteiger partial charge in [-0.2, -0.15) is 18.3 Å². The molecule has 0 saturated heterocycles. The summed E-state index contributed by atoms with van der Waals surface area (Å²) in [5.41, 5.74) is -0.646. The number of alkyl halides is 6. The lowest BCUT2D eigenvalue weighted by atomic mass is 10.2. The molecule has 1 saturated carbocycles. The number of hydrogen-bond acceptors (Lipinski definition) is 4. The van der Waals surface area contributed by atoms with Crippen LogP contribution in [-0.4, -0.2) is 31.1 Å². The molecule has 1 aromatic carbocycles. The minimum atomic E-state index is -4.91. The third-order valence-corrected chi connectivity index (χ3v) is 5.56. The Bertz CT molecular complexity index is 963. The van der Waals surface area contributed by atoms with E-state index in [9.17, 15) is 34.8 Å². The summed E-state index contributed by atoms with van der Waals surface area (Å²) >= 11 is 0. The SMILES string of the molecule is O=S(=O)(NCCn1nc(C(F)(F)F)cc1C1CC1)c1ccc(OC(F)(F)F)cc1. The highest BCUT2D eigenvalue weighted by Crippen LogP contribution is 2.42. The Labute approximate surface area is 161 Å². The van der Waals surface area contributed by atoms with E-state index >= 15 is 0 Å². The van der Waals surface area contributed by atoms with E-state index in [1.807, 2.05) is 0 Å². The number of hydrogen-bond donors (Lipinski definition) is 1. The molecule has 29 heavy (non-hydrogen) atoms. The molecule has 1 aromatic heterocycles. The highest BCUT2D eigenvalue weighted by Gasteiger charge is 2.37. The number of nitrogens with zero attached hydrogens (tertiary/aromatic N) is 2. The van der Waals surface area contributed by atoms with Crippen molar-refractivity contribution in [1.29, 1.82) is 0 Å². The molecular weight excluding hydrogens is 428 g/mol. The molecule has 0 bridgehead atoms. The molecular formula is C16H15F6N3O3S. The van der Waals surface area contributed by atoms with Crippen molar-refractivity contribution < 1.29 is 39.5 Å². The average Bonchev–Trinajstić information content (AvgIpc) is 3.33. The molecule has 1 heterocycles. The quantitative estimate of drug-likeness (QED) is 0.663. The van der Waals surface area contributed by atoms with Gasteiger partial charge >= 0.3 is 12.5 Å². The van der Waals surface area contributed by atoms with Gasteiger partial charge in [0.2, 0.25) is 10.0 Å². The highest BCUT2D eigenvalue weighted by atomic mass is 32.2. The Morgan fingerprint density at radius 1 is 1.10 bits per heavy atom. The highest BCUT2D eigenvalue weighted by molar-refractivity contribution is 7.89. The van der Waals surface area contributed by atoms with Crippen molar-refractivity contribution in [1.82, 2.24) is 14.5 Å². The molecule has 160 valence electrons. The molecule has 1 aliphatic carbocycles. The van der Waals surface area contributed by atoms with Gasteiger partial charge in [0, 0.05) is 18.2 Å². The van der Waals surface area contributed by atoms with Crippen LogP contribution in [0.4, 0.5) is 26.3 Å². The Hall–Kier alpha value is -2.28. The summed E-state index contributed by atoms with van der Waals surface area (Å²) in [6, 6.07) is 4.50. The second kappa shape index (κ2) is 7.52. The van der Waals surface area contributed by atoms with Gasteiger partial charge in [0.1, 0.15) is 5.75 Å². The largest absolute Gasteiger partial charge is 0.573 e. The molecule has 0 aliphatic heterocycles. The van der Waals surface area contributed by atoms with Gasteiger partial charge in [-0.25, -0.2) is 13.1 Å². The molecule has 0 spiro atoms. The minimum absolute atomic E-state index is 0.0311. The summed E-state index contributed by atoms with van der Waals surface area (Å²) in [6.45, 7) is -0.377. The van der Waals surface area contributed by atoms with Crippen LogP contribution in [0, 0.1) is 0 Å². The van der Waals surface area contributed by atoms with Crippen molar-refractivity contribution in [2.75, 3.05) is 6.54 Å². The molecule has 13 heteroatoms. The van der Waals surface area contributed by atoms with Crippen LogP contribution in [0.5, 0.6) is 5.75 Å². The number of ether oxygens (including phenoxy) is 1. The zero-order valence-corrected chi connectivity index (χ0v) is 15.4. The van der Waals surface area contributed by atoms with E-state index in [-0.39, 0.29) is 23.9 Å². The number of sulfonamides is 1. The fourth-order valence-electron chi connectivity index (χ4n) is 2.65. The van der Waals surface area contributed by atoms with Crippen LogP contribution in [-0.2, 0) is 22.7 Å². The molecule has 1 fully saturated rings. The van der Waals surface area contributed by atoms with Gasteiger partial charge in [-0.1, -0.05) is 0 Å². The summed E-state index contributed by atoms with van der Waals surface area (Å²) in [7, 11) is -4.08. The van der Waals surface area contributed by atoms with E-state index < -0.39 is 34.0 Å². The topological polar surface area (TPSA) is 73.2 Å². The summed E-state index contributed by atoms with van der Waals surface area (Å²) < 4.78 is 106. The van der Waals surface area contributed by atoms with Gasteiger partial charge in [0.25, 0.3) is 0 Å². The van der Waals surface area contributed by atoms with Crippen molar-refractivity contribution in [3.05, 3.63) is 41.7 Å². The number of halogens is 6. The van der Waals surface area contributed by atoms with Gasteiger partial charge in [-0.05, 0) is 43.2 Å². The minimum Gasteiger partial charge on any atom is -0.406 e. The van der Waals surface area contributed by atoms with Crippen molar-refractivity contribution >= 4 is 10.0 Å². The summed E-state index contributed by atoms with van der Waals surface area (Å²) in [5.74, 6) is -0.613. The van der Waals surface area contributed by atoms with Crippen molar-refractivity contribution in [3.63, 3.8) is 0 Å². The van der Waals surface area contributed by atoms with Crippen LogP contribution in [0.1, 0.15) is 30.1 Å². The molecule has 0 amide bonds. The molecule has 6 nitrogen and oxygen atoms in total. The van der Waals surface area contributed by atoms with Crippen LogP contribution in [0.2, 0.25) is 0 Å². The van der Waals surface area contributed by atoms with Crippen LogP contribution in [0.15, 0.2) is 35.2 Å². The standard InChI is InChI=1S/C16H15F6N3O3S/c17-15(18,19)14-9-13(10-1-2-10)25(24-14)8-7-23-29(26,27)12-5-3-11(4-6-12)28-16(20,21)22/h3-6,9-10,23H,1-2,7-8H2. The van der Waals surface area contributed by atoms with Gasteiger partial charge in [-0.15, -0.1) is 13.2 Å². The maximum atomic E-state index is 12.9. The second-order valence-corrected chi connectivity index (χ2v) is 8.13. The predicted molar refractivity (Wildman–Crippen MR) is 87.5 cm³/mol. The molecule has 1 N–H and O–H groups in total. The van der Waals surface area contributed by atoms with Gasteiger partial charge in [0.15, 0.2) is 5.69 Å². The maximum absolute atomic E-state index is 12.9. The number of rotatable bonds is 7. The first kappa shape index (κ1) is 21.4. The third kappa shape index (κ3) is 5.63. The van der Waals surface area contributed by atoms with E-state index in [0.29, 0.717) is 5.69 Å². The summed E-state index contributed by atoms with van der Waals surface area (Å²) in [4.78, 5) is -0.314. The maximum Gasteiger partial charge on any atom is 0.573 e. The Kier molecular flexibility index (Phi) is 5.56. The molecule has 0 atom stereocenters. The van der Waals surface area contributed by atoms with Gasteiger partial charge in [-0.3, -0.25) is 4.68 Å². The monoisotopic (exact) mass is 443 g/mol. The van der Waals surface area contributed by atoms with Crippen LogP contribution in [0.25, 0.3) is 0 Å². The first-order chi connectivity index (χ1) is 13.4. The fourth-order valence-corrected chi connectivity index (χ4v) is 3.67. The lowest BCUT2D eigenvalue weighted by molar-refractivity contribution is -0.274. The van der Waals surface area contributed by atoms with Crippen molar-refractivity contribution in [2.45, 2.75) is 42.7 Å². The first-order valence-electron chi connectivity index (χ1n) is 8.35. The fraction of sp³-hybridized carbons (Fsp3) is 0.438. The van der Waals surface area contributed by atoms with E-state index in [2.05, 4.69) is 14.6 Å².